The van der Waals surface area contributed by atoms with Crippen LogP contribution in [0.1, 0.15) is 15.9 Å². The van der Waals surface area contributed by atoms with E-state index >= 15 is 0 Å². The van der Waals surface area contributed by atoms with Crippen LogP contribution in [0.15, 0.2) is 59.8 Å². The molecule has 1 aromatic heterocycles. The Balaban J connectivity index is 2.02. The van der Waals surface area contributed by atoms with Gasteiger partial charge in [0.15, 0.2) is 5.57 Å². The topological polar surface area (TPSA) is 134 Å². The fourth-order valence-corrected chi connectivity index (χ4v) is 2.82. The average Bonchev–Trinajstić information content (AvgIpc) is 2.73. The zero-order valence-electron chi connectivity index (χ0n) is 15.3. The summed E-state index contributed by atoms with van der Waals surface area (Å²) in [7, 11) is 0. The van der Waals surface area contributed by atoms with E-state index in [1.54, 1.807) is 54.6 Å². The van der Waals surface area contributed by atoms with E-state index in [1.165, 1.54) is 6.07 Å². The second kappa shape index (κ2) is 7.92. The molecule has 0 radical (unpaired) electrons. The summed E-state index contributed by atoms with van der Waals surface area (Å²) < 4.78 is 0. The van der Waals surface area contributed by atoms with E-state index in [-0.39, 0.29) is 16.8 Å². The van der Waals surface area contributed by atoms with Crippen LogP contribution in [0.3, 0.4) is 0 Å². The molecule has 0 aliphatic carbocycles. The summed E-state index contributed by atoms with van der Waals surface area (Å²) >= 11 is 0. The van der Waals surface area contributed by atoms with E-state index in [9.17, 15) is 9.90 Å². The van der Waals surface area contributed by atoms with Crippen molar-refractivity contribution >= 4 is 22.6 Å². The lowest BCUT2D eigenvalue weighted by Crippen LogP contribution is -2.01. The van der Waals surface area contributed by atoms with Crippen molar-refractivity contribution in [3.8, 4) is 29.5 Å². The third-order valence-electron chi connectivity index (χ3n) is 4.23. The molecule has 0 spiro atoms. The number of anilines is 1. The van der Waals surface area contributed by atoms with Gasteiger partial charge in [-0.15, -0.1) is 0 Å². The first-order valence-corrected chi connectivity index (χ1v) is 8.43. The number of nitrogens with zero attached hydrogens (tertiary/aromatic N) is 4. The number of aryl methyl sites for hydroxylation is 1. The van der Waals surface area contributed by atoms with Crippen LogP contribution in [-0.4, -0.2) is 16.1 Å². The molecule has 2 N–H and O–H groups in total. The lowest BCUT2D eigenvalue weighted by atomic mass is 10.0. The van der Waals surface area contributed by atoms with Gasteiger partial charge < -0.3 is 10.4 Å². The van der Waals surface area contributed by atoms with E-state index in [2.05, 4.69) is 10.3 Å². The van der Waals surface area contributed by atoms with Gasteiger partial charge in [-0.2, -0.15) is 15.8 Å². The van der Waals surface area contributed by atoms with Crippen LogP contribution in [0.2, 0.25) is 0 Å². The van der Waals surface area contributed by atoms with Gasteiger partial charge in [0.25, 0.3) is 0 Å². The van der Waals surface area contributed by atoms with Crippen LogP contribution < -0.4 is 5.32 Å². The number of nitriles is 3. The van der Waals surface area contributed by atoms with Crippen LogP contribution in [0.5, 0.6) is 0 Å². The minimum absolute atomic E-state index is 0.143. The Labute approximate surface area is 166 Å². The summed E-state index contributed by atoms with van der Waals surface area (Å²) in [4.78, 5) is 16.3. The summed E-state index contributed by atoms with van der Waals surface area (Å²) in [6.07, 6.45) is 0. The minimum Gasteiger partial charge on any atom is -0.478 e. The first-order valence-electron chi connectivity index (χ1n) is 8.43. The van der Waals surface area contributed by atoms with Gasteiger partial charge in [-0.05, 0) is 37.3 Å². The number of aromatic carboxylic acids is 1. The molecule has 0 fully saturated rings. The van der Waals surface area contributed by atoms with Crippen LogP contribution in [-0.2, 0) is 0 Å². The molecule has 0 aliphatic heterocycles. The van der Waals surface area contributed by atoms with Gasteiger partial charge in [0.1, 0.15) is 23.9 Å². The quantitative estimate of drug-likeness (QED) is 0.650. The number of aromatic nitrogens is 1. The molecule has 0 aliphatic rings. The number of allylic oxidation sites excluding steroid dienone is 2. The van der Waals surface area contributed by atoms with Crippen LogP contribution >= 0.6 is 0 Å². The highest BCUT2D eigenvalue weighted by Crippen LogP contribution is 2.27. The number of nitrogens with one attached hydrogen (secondary N) is 1. The predicted molar refractivity (Wildman–Crippen MR) is 106 cm³/mol. The zero-order chi connectivity index (χ0) is 21.0. The van der Waals surface area contributed by atoms with Gasteiger partial charge in [-0.1, -0.05) is 23.8 Å². The van der Waals surface area contributed by atoms with Gasteiger partial charge in [0.05, 0.1) is 16.8 Å². The Morgan fingerprint density at radius 2 is 1.69 bits per heavy atom. The Kier molecular flexibility index (Phi) is 5.22. The fourth-order valence-electron chi connectivity index (χ4n) is 2.82. The molecule has 0 bridgehead atoms. The molecule has 138 valence electrons. The maximum absolute atomic E-state index is 11.7. The summed E-state index contributed by atoms with van der Waals surface area (Å²) in [6, 6.07) is 18.8. The molecule has 7 nitrogen and oxygen atoms in total. The summed E-state index contributed by atoms with van der Waals surface area (Å²) in [5.74, 6) is -1.04. The number of rotatable bonds is 4. The van der Waals surface area contributed by atoms with Crippen LogP contribution in [0.25, 0.3) is 22.2 Å². The van der Waals surface area contributed by atoms with E-state index in [1.807, 2.05) is 13.0 Å². The molecule has 0 saturated heterocycles. The molecule has 3 rings (SSSR count). The zero-order valence-corrected chi connectivity index (χ0v) is 15.3. The van der Waals surface area contributed by atoms with Crippen LogP contribution in [0, 0.1) is 40.9 Å². The van der Waals surface area contributed by atoms with Crippen molar-refractivity contribution < 1.29 is 9.90 Å². The predicted octanol–water partition coefficient (Wildman–Crippen LogP) is 4.15. The number of carbonyl (C=O) groups is 1. The SMILES string of the molecule is Cc1ccc2nc(-c3ccc(NC(C#N)=C(C#N)C#N)cc3)cc(C(=O)O)c2c1. The number of benzene rings is 2. The standard InChI is InChI=1S/C22H13N5O2/c1-13-2-7-19-17(8-13)18(22(28)29)9-20(27-19)14-3-5-16(6-4-14)26-21(12-25)15(10-23)11-24/h2-9,26H,1H3,(H,28,29). The van der Waals surface area contributed by atoms with Crippen molar-refractivity contribution in [2.45, 2.75) is 6.92 Å². The first-order chi connectivity index (χ1) is 14.0. The minimum atomic E-state index is -1.04. The highest BCUT2D eigenvalue weighted by atomic mass is 16.4. The van der Waals surface area contributed by atoms with Crippen molar-refractivity contribution in [3.05, 3.63) is 70.9 Å². The van der Waals surface area contributed by atoms with Crippen molar-refractivity contribution in [2.24, 2.45) is 0 Å². The molecule has 1 heterocycles. The Bertz CT molecular complexity index is 1270. The number of carboxylic acids is 1. The molecule has 0 amide bonds. The molecule has 0 unspecified atom stereocenters. The fraction of sp³-hybridized carbons (Fsp3) is 0.0455. The monoisotopic (exact) mass is 379 g/mol. The smallest absolute Gasteiger partial charge is 0.336 e. The lowest BCUT2D eigenvalue weighted by Gasteiger charge is -2.09. The van der Waals surface area contributed by atoms with Gasteiger partial charge in [-0.25, -0.2) is 9.78 Å². The van der Waals surface area contributed by atoms with E-state index in [4.69, 9.17) is 15.8 Å². The van der Waals surface area contributed by atoms with E-state index in [0.717, 1.165) is 5.56 Å². The molecular weight excluding hydrogens is 366 g/mol. The maximum atomic E-state index is 11.7. The summed E-state index contributed by atoms with van der Waals surface area (Å²) in [5.41, 5.74) is 2.92. The lowest BCUT2D eigenvalue weighted by molar-refractivity contribution is 0.0699. The Morgan fingerprint density at radius 3 is 2.28 bits per heavy atom. The number of hydrogen-bond acceptors (Lipinski definition) is 6. The third-order valence-corrected chi connectivity index (χ3v) is 4.23. The number of fused-ring (bicyclic) bond motifs is 1. The average molecular weight is 379 g/mol. The van der Waals surface area contributed by atoms with Crippen molar-refractivity contribution in [2.75, 3.05) is 5.32 Å². The van der Waals surface area contributed by atoms with Gasteiger partial charge in [0, 0.05) is 16.6 Å². The van der Waals surface area contributed by atoms with E-state index < -0.39 is 5.97 Å². The van der Waals surface area contributed by atoms with Crippen molar-refractivity contribution in [1.82, 2.24) is 4.98 Å². The molecule has 29 heavy (non-hydrogen) atoms. The number of pyridine rings is 1. The summed E-state index contributed by atoms with van der Waals surface area (Å²) in [6.45, 7) is 1.89. The molecule has 0 saturated carbocycles. The number of carboxylic acid groups (broad SMARTS) is 1. The maximum Gasteiger partial charge on any atom is 0.336 e. The van der Waals surface area contributed by atoms with Gasteiger partial charge in [0.2, 0.25) is 0 Å². The molecule has 7 heteroatoms. The Hall–Kier alpha value is -4.67. The van der Waals surface area contributed by atoms with E-state index in [0.29, 0.717) is 27.8 Å². The normalized spacial score (nSPS) is 9.72. The molecule has 2 aromatic carbocycles. The van der Waals surface area contributed by atoms with Gasteiger partial charge in [-0.3, -0.25) is 0 Å². The second-order valence-corrected chi connectivity index (χ2v) is 6.17. The molecule has 3 aromatic rings. The Morgan fingerprint density at radius 1 is 1.00 bits per heavy atom. The highest BCUT2D eigenvalue weighted by Gasteiger charge is 2.13. The third kappa shape index (κ3) is 3.88. The molecule has 0 atom stereocenters. The second-order valence-electron chi connectivity index (χ2n) is 6.17. The highest BCUT2D eigenvalue weighted by molar-refractivity contribution is 6.04. The number of hydrogen-bond donors (Lipinski definition) is 2. The van der Waals surface area contributed by atoms with Crippen LogP contribution in [0.4, 0.5) is 5.69 Å². The van der Waals surface area contributed by atoms with Crippen molar-refractivity contribution in [3.63, 3.8) is 0 Å². The molecular formula is C22H13N5O2. The van der Waals surface area contributed by atoms with Gasteiger partial charge >= 0.3 is 5.97 Å². The first kappa shape index (κ1) is 19.1. The van der Waals surface area contributed by atoms with Crippen molar-refractivity contribution in [1.29, 1.82) is 15.8 Å². The largest absolute Gasteiger partial charge is 0.478 e. The summed E-state index contributed by atoms with van der Waals surface area (Å²) in [5, 5.41) is 39.8.